The van der Waals surface area contributed by atoms with E-state index < -0.39 is 23.6 Å². The Hall–Kier alpha value is -1.96. The Kier molecular flexibility index (Phi) is 3.75. The topological polar surface area (TPSA) is 117 Å². The SMILES string of the molecule is O=C(CO)NCCn1[c]n[nH]c(=O)c1=O. The van der Waals surface area contributed by atoms with Gasteiger partial charge in [0, 0.05) is 13.1 Å². The van der Waals surface area contributed by atoms with Crippen LogP contribution in [0, 0.1) is 6.33 Å². The largest absolute Gasteiger partial charge is 0.387 e. The first kappa shape index (κ1) is 11.1. The number of carbonyl (C=O) groups is 1. The molecule has 0 unspecified atom stereocenters. The van der Waals surface area contributed by atoms with E-state index >= 15 is 0 Å². The molecule has 1 aromatic heterocycles. The highest BCUT2D eigenvalue weighted by Crippen LogP contribution is 1.71. The minimum absolute atomic E-state index is 0.0709. The van der Waals surface area contributed by atoms with E-state index in [9.17, 15) is 14.4 Å². The quantitative estimate of drug-likeness (QED) is 0.456. The van der Waals surface area contributed by atoms with Gasteiger partial charge in [-0.1, -0.05) is 0 Å². The van der Waals surface area contributed by atoms with E-state index in [1.165, 1.54) is 0 Å². The minimum atomic E-state index is -0.845. The van der Waals surface area contributed by atoms with Gasteiger partial charge in [-0.15, -0.1) is 0 Å². The Morgan fingerprint density at radius 2 is 2.33 bits per heavy atom. The number of aromatic nitrogens is 3. The summed E-state index contributed by atoms with van der Waals surface area (Å²) in [5.74, 6) is -0.555. The normalized spacial score (nSPS) is 9.93. The van der Waals surface area contributed by atoms with Crippen molar-refractivity contribution in [2.75, 3.05) is 13.2 Å². The Bertz CT molecular complexity index is 449. The summed E-state index contributed by atoms with van der Waals surface area (Å²) in [6.07, 6.45) is 2.25. The van der Waals surface area contributed by atoms with Gasteiger partial charge in [-0.05, 0) is 0 Å². The van der Waals surface area contributed by atoms with Crippen molar-refractivity contribution in [2.45, 2.75) is 6.54 Å². The van der Waals surface area contributed by atoms with Gasteiger partial charge in [0.05, 0.1) is 0 Å². The first-order chi connectivity index (χ1) is 7.15. The first-order valence-corrected chi connectivity index (χ1v) is 4.10. The number of rotatable bonds is 4. The Labute approximate surface area is 83.6 Å². The summed E-state index contributed by atoms with van der Waals surface area (Å²) in [5, 5.41) is 15.9. The number of nitrogens with zero attached hydrogens (tertiary/aromatic N) is 2. The lowest BCUT2D eigenvalue weighted by molar-refractivity contribution is -0.123. The van der Waals surface area contributed by atoms with Crippen LogP contribution in [0.15, 0.2) is 9.59 Å². The molecule has 1 heterocycles. The molecule has 1 amide bonds. The number of nitrogens with one attached hydrogen (secondary N) is 2. The molecule has 0 fully saturated rings. The average molecular weight is 213 g/mol. The van der Waals surface area contributed by atoms with Gasteiger partial charge in [0.2, 0.25) is 12.2 Å². The van der Waals surface area contributed by atoms with Gasteiger partial charge in [-0.3, -0.25) is 19.0 Å². The molecule has 3 N–H and O–H groups in total. The Morgan fingerprint density at radius 1 is 1.60 bits per heavy atom. The highest BCUT2D eigenvalue weighted by Gasteiger charge is 2.01. The Balaban J connectivity index is 2.59. The molecule has 0 bridgehead atoms. The molecule has 0 aliphatic rings. The van der Waals surface area contributed by atoms with Crippen LogP contribution in [-0.4, -0.2) is 38.9 Å². The van der Waals surface area contributed by atoms with Crippen molar-refractivity contribution in [1.82, 2.24) is 20.1 Å². The molecule has 0 aliphatic carbocycles. The van der Waals surface area contributed by atoms with E-state index in [0.717, 1.165) is 4.57 Å². The van der Waals surface area contributed by atoms with Gasteiger partial charge >= 0.3 is 11.1 Å². The Morgan fingerprint density at radius 3 is 3.00 bits per heavy atom. The molecular weight excluding hydrogens is 204 g/mol. The van der Waals surface area contributed by atoms with Gasteiger partial charge in [-0.2, -0.15) is 5.10 Å². The van der Waals surface area contributed by atoms with Crippen molar-refractivity contribution in [3.63, 3.8) is 0 Å². The van der Waals surface area contributed by atoms with Crippen molar-refractivity contribution >= 4 is 5.91 Å². The summed E-state index contributed by atoms with van der Waals surface area (Å²) >= 11 is 0. The molecule has 1 radical (unpaired) electrons. The minimum Gasteiger partial charge on any atom is -0.387 e. The van der Waals surface area contributed by atoms with Crippen molar-refractivity contribution in [1.29, 1.82) is 0 Å². The molecule has 0 saturated carbocycles. The van der Waals surface area contributed by atoms with Crippen LogP contribution in [0.3, 0.4) is 0 Å². The maximum absolute atomic E-state index is 11.1. The zero-order chi connectivity index (χ0) is 11.3. The van der Waals surface area contributed by atoms with Gasteiger partial charge in [0.25, 0.3) is 0 Å². The zero-order valence-corrected chi connectivity index (χ0v) is 7.69. The summed E-state index contributed by atoms with van der Waals surface area (Å²) < 4.78 is 0.941. The molecular formula is C7H9N4O4. The number of hydrogen-bond donors (Lipinski definition) is 3. The molecule has 0 spiro atoms. The van der Waals surface area contributed by atoms with E-state index in [-0.39, 0.29) is 13.1 Å². The summed E-state index contributed by atoms with van der Waals surface area (Å²) in [6.45, 7) is -0.436. The fourth-order valence-corrected chi connectivity index (χ4v) is 0.867. The number of aliphatic hydroxyl groups excluding tert-OH is 1. The van der Waals surface area contributed by atoms with E-state index in [1.54, 1.807) is 0 Å². The second-order valence-electron chi connectivity index (χ2n) is 2.62. The average Bonchev–Trinajstić information content (AvgIpc) is 2.24. The van der Waals surface area contributed by atoms with Crippen LogP contribution in [0.4, 0.5) is 0 Å². The lowest BCUT2D eigenvalue weighted by Gasteiger charge is -2.03. The number of amides is 1. The number of H-pyrrole nitrogens is 1. The zero-order valence-electron chi connectivity index (χ0n) is 7.69. The second-order valence-corrected chi connectivity index (χ2v) is 2.62. The molecule has 1 aromatic rings. The maximum atomic E-state index is 11.1. The third-order valence-electron chi connectivity index (χ3n) is 1.57. The van der Waals surface area contributed by atoms with Gasteiger partial charge < -0.3 is 10.4 Å². The number of aliphatic hydroxyl groups is 1. The molecule has 8 heteroatoms. The van der Waals surface area contributed by atoms with Crippen LogP contribution < -0.4 is 16.4 Å². The molecule has 81 valence electrons. The number of hydrogen-bond acceptors (Lipinski definition) is 5. The second kappa shape index (κ2) is 5.05. The van der Waals surface area contributed by atoms with Gasteiger partial charge in [0.1, 0.15) is 6.61 Å². The molecule has 0 atom stereocenters. The highest BCUT2D eigenvalue weighted by molar-refractivity contribution is 5.76. The van der Waals surface area contributed by atoms with Gasteiger partial charge in [0.15, 0.2) is 0 Å². The van der Waals surface area contributed by atoms with Gasteiger partial charge in [-0.25, -0.2) is 5.10 Å². The molecule has 0 saturated heterocycles. The van der Waals surface area contributed by atoms with Crippen LogP contribution in [0.2, 0.25) is 0 Å². The van der Waals surface area contributed by atoms with Crippen LogP contribution in [-0.2, 0) is 11.3 Å². The van der Waals surface area contributed by atoms with Crippen molar-refractivity contribution in [3.8, 4) is 0 Å². The van der Waals surface area contributed by atoms with E-state index in [1.807, 2.05) is 5.10 Å². The third kappa shape index (κ3) is 3.02. The van der Waals surface area contributed by atoms with E-state index in [2.05, 4.69) is 16.7 Å². The fraction of sp³-hybridized carbons (Fsp3) is 0.429. The van der Waals surface area contributed by atoms with Crippen molar-refractivity contribution < 1.29 is 9.90 Å². The standard InChI is InChI=1S/C7H9N4O4/c12-3-5(13)8-1-2-11-4-9-10-6(14)7(11)15/h12H,1-3H2,(H,8,13)(H,10,14). The fourth-order valence-electron chi connectivity index (χ4n) is 0.867. The van der Waals surface area contributed by atoms with Crippen molar-refractivity contribution in [3.05, 3.63) is 27.0 Å². The lowest BCUT2D eigenvalue weighted by Crippen LogP contribution is -2.39. The lowest BCUT2D eigenvalue weighted by atomic mass is 10.5. The molecule has 0 aliphatic heterocycles. The van der Waals surface area contributed by atoms with Crippen LogP contribution in [0.5, 0.6) is 0 Å². The van der Waals surface area contributed by atoms with Crippen molar-refractivity contribution in [2.24, 2.45) is 0 Å². The summed E-state index contributed by atoms with van der Waals surface area (Å²) in [6, 6.07) is 0. The van der Waals surface area contributed by atoms with Crippen LogP contribution in [0.25, 0.3) is 0 Å². The predicted molar refractivity (Wildman–Crippen MR) is 48.0 cm³/mol. The molecule has 0 aromatic carbocycles. The van der Waals surface area contributed by atoms with E-state index in [4.69, 9.17) is 5.11 Å². The third-order valence-corrected chi connectivity index (χ3v) is 1.57. The monoisotopic (exact) mass is 213 g/mol. The molecule has 15 heavy (non-hydrogen) atoms. The maximum Gasteiger partial charge on any atom is 0.330 e. The van der Waals surface area contributed by atoms with E-state index in [0.29, 0.717) is 0 Å². The summed E-state index contributed by atoms with van der Waals surface area (Å²) in [7, 11) is 0. The first-order valence-electron chi connectivity index (χ1n) is 4.10. The smallest absolute Gasteiger partial charge is 0.330 e. The van der Waals surface area contributed by atoms with Crippen LogP contribution in [0.1, 0.15) is 0 Å². The number of carbonyl (C=O) groups excluding carboxylic acids is 1. The van der Waals surface area contributed by atoms with Crippen LogP contribution >= 0.6 is 0 Å². The number of aromatic amines is 1. The summed E-state index contributed by atoms with van der Waals surface area (Å²) in [5.41, 5.74) is -1.63. The molecule has 8 nitrogen and oxygen atoms in total. The predicted octanol–water partition coefficient (Wildman–Crippen LogP) is -3.16. The highest BCUT2D eigenvalue weighted by atomic mass is 16.3. The summed E-state index contributed by atoms with van der Waals surface area (Å²) in [4.78, 5) is 32.5. The molecule has 1 rings (SSSR count).